The van der Waals surface area contributed by atoms with Crippen LogP contribution in [0.2, 0.25) is 6.04 Å². The third-order valence-corrected chi connectivity index (χ3v) is 5.81. The Balaban J connectivity index is 4.11. The molecule has 0 aliphatic carbocycles. The fourth-order valence-corrected chi connectivity index (χ4v) is 4.45. The Morgan fingerprint density at radius 1 is 0.737 bits per heavy atom. The lowest BCUT2D eigenvalue weighted by molar-refractivity contribution is 0.0709. The van der Waals surface area contributed by atoms with Gasteiger partial charge in [0.2, 0.25) is 0 Å². The zero-order valence-electron chi connectivity index (χ0n) is 13.1. The smallest absolute Gasteiger partial charge is 0.374 e. The molecule has 112 valence electrons. The van der Waals surface area contributed by atoms with Gasteiger partial charge in [-0.2, -0.15) is 0 Å². The molecule has 0 saturated heterocycles. The van der Waals surface area contributed by atoms with E-state index in [-0.39, 0.29) is 0 Å². The van der Waals surface area contributed by atoms with Crippen molar-refractivity contribution >= 4 is 8.80 Å². The first-order chi connectivity index (χ1) is 9.24. The van der Waals surface area contributed by atoms with Crippen LogP contribution in [0, 0.1) is 11.8 Å². The molecule has 0 aliphatic rings. The molecule has 3 nitrogen and oxygen atoms in total. The van der Waals surface area contributed by atoms with E-state index in [0.29, 0.717) is 19.8 Å². The van der Waals surface area contributed by atoms with Gasteiger partial charge in [-0.3, -0.25) is 0 Å². The SMILES string of the molecule is CCCCC#CCCC[Si](OCC)(OCC)OCC. The van der Waals surface area contributed by atoms with Crippen LogP contribution in [0.3, 0.4) is 0 Å². The summed E-state index contributed by atoms with van der Waals surface area (Å²) >= 11 is 0. The number of hydrogen-bond donors (Lipinski definition) is 0. The molecule has 0 rings (SSSR count). The van der Waals surface area contributed by atoms with Crippen LogP contribution in [0.1, 0.15) is 59.8 Å². The summed E-state index contributed by atoms with van der Waals surface area (Å²) in [6.45, 7) is 10.1. The van der Waals surface area contributed by atoms with Crippen LogP contribution < -0.4 is 0 Å². The monoisotopic (exact) mass is 286 g/mol. The molecule has 0 saturated carbocycles. The summed E-state index contributed by atoms with van der Waals surface area (Å²) in [4.78, 5) is 0. The van der Waals surface area contributed by atoms with Crippen LogP contribution in [0.25, 0.3) is 0 Å². The molecule has 0 radical (unpaired) electrons. The van der Waals surface area contributed by atoms with Gasteiger partial charge in [0.15, 0.2) is 0 Å². The minimum atomic E-state index is -2.44. The van der Waals surface area contributed by atoms with E-state index in [9.17, 15) is 0 Å². The first kappa shape index (κ1) is 18.7. The van der Waals surface area contributed by atoms with Gasteiger partial charge in [0.1, 0.15) is 0 Å². The lowest BCUT2D eigenvalue weighted by Crippen LogP contribution is -2.45. The minimum absolute atomic E-state index is 0.647. The molecule has 19 heavy (non-hydrogen) atoms. The standard InChI is InChI=1S/C15H30O3Si/c1-5-9-10-11-12-13-14-15-19(16-6-2,17-7-3)18-8-4/h5-10,13-15H2,1-4H3. The van der Waals surface area contributed by atoms with Gasteiger partial charge in [-0.05, 0) is 33.6 Å². The van der Waals surface area contributed by atoms with Crippen molar-refractivity contribution in [2.75, 3.05) is 19.8 Å². The van der Waals surface area contributed by atoms with Crippen molar-refractivity contribution in [1.29, 1.82) is 0 Å². The molecule has 0 aromatic heterocycles. The topological polar surface area (TPSA) is 27.7 Å². The molecular weight excluding hydrogens is 256 g/mol. The number of unbranched alkanes of at least 4 members (excludes halogenated alkanes) is 3. The highest BCUT2D eigenvalue weighted by Crippen LogP contribution is 2.19. The molecular formula is C15H30O3Si. The minimum Gasteiger partial charge on any atom is -0.374 e. The van der Waals surface area contributed by atoms with Crippen LogP contribution in [0.5, 0.6) is 0 Å². The zero-order chi connectivity index (χ0) is 14.4. The molecule has 0 spiro atoms. The summed E-state index contributed by atoms with van der Waals surface area (Å²) in [5.74, 6) is 6.44. The van der Waals surface area contributed by atoms with E-state index < -0.39 is 8.80 Å². The van der Waals surface area contributed by atoms with Crippen molar-refractivity contribution in [2.24, 2.45) is 0 Å². The Morgan fingerprint density at radius 3 is 1.63 bits per heavy atom. The fourth-order valence-electron chi connectivity index (χ4n) is 1.84. The summed E-state index contributed by atoms with van der Waals surface area (Å²) < 4.78 is 17.4. The maximum Gasteiger partial charge on any atom is 0.500 e. The van der Waals surface area contributed by atoms with Crippen LogP contribution in [0.4, 0.5) is 0 Å². The highest BCUT2D eigenvalue weighted by Gasteiger charge is 2.39. The molecule has 0 atom stereocenters. The molecule has 0 aromatic carbocycles. The third-order valence-electron chi connectivity index (χ3n) is 2.66. The quantitative estimate of drug-likeness (QED) is 0.326. The lowest BCUT2D eigenvalue weighted by atomic mass is 10.2. The summed E-state index contributed by atoms with van der Waals surface area (Å²) in [6, 6.07) is 0.866. The van der Waals surface area contributed by atoms with E-state index in [2.05, 4.69) is 18.8 Å². The van der Waals surface area contributed by atoms with Crippen LogP contribution in [0.15, 0.2) is 0 Å². The van der Waals surface area contributed by atoms with Crippen LogP contribution >= 0.6 is 0 Å². The maximum atomic E-state index is 5.80. The second-order valence-electron chi connectivity index (χ2n) is 4.29. The Kier molecular flexibility index (Phi) is 12.4. The predicted octanol–water partition coefficient (Wildman–Crippen LogP) is 4.01. The fraction of sp³-hybridized carbons (Fsp3) is 0.867. The van der Waals surface area contributed by atoms with Gasteiger partial charge in [-0.15, -0.1) is 11.8 Å². The molecule has 0 aromatic rings. The van der Waals surface area contributed by atoms with Gasteiger partial charge >= 0.3 is 8.80 Å². The van der Waals surface area contributed by atoms with Crippen molar-refractivity contribution in [1.82, 2.24) is 0 Å². The average molecular weight is 286 g/mol. The normalized spacial score (nSPS) is 11.2. The predicted molar refractivity (Wildman–Crippen MR) is 82.0 cm³/mol. The summed E-state index contributed by atoms with van der Waals surface area (Å²) in [7, 11) is -2.44. The third kappa shape index (κ3) is 9.23. The Morgan fingerprint density at radius 2 is 1.21 bits per heavy atom. The van der Waals surface area contributed by atoms with Gasteiger partial charge in [-0.25, -0.2) is 0 Å². The van der Waals surface area contributed by atoms with Crippen molar-refractivity contribution in [3.8, 4) is 11.8 Å². The highest BCUT2D eigenvalue weighted by atomic mass is 28.4. The lowest BCUT2D eigenvalue weighted by Gasteiger charge is -2.28. The van der Waals surface area contributed by atoms with E-state index in [4.69, 9.17) is 13.3 Å². The number of hydrogen-bond acceptors (Lipinski definition) is 3. The van der Waals surface area contributed by atoms with Crippen molar-refractivity contribution in [3.63, 3.8) is 0 Å². The molecule has 0 heterocycles. The van der Waals surface area contributed by atoms with Crippen molar-refractivity contribution in [2.45, 2.75) is 65.8 Å². The van der Waals surface area contributed by atoms with Crippen molar-refractivity contribution in [3.05, 3.63) is 0 Å². The largest absolute Gasteiger partial charge is 0.500 e. The Hall–Kier alpha value is -0.343. The molecule has 0 fully saturated rings. The summed E-state index contributed by atoms with van der Waals surface area (Å²) in [5.41, 5.74) is 0. The molecule has 0 aliphatic heterocycles. The van der Waals surface area contributed by atoms with Gasteiger partial charge in [0, 0.05) is 38.7 Å². The molecule has 0 bridgehead atoms. The Labute approximate surface area is 120 Å². The zero-order valence-corrected chi connectivity index (χ0v) is 14.1. The molecule has 0 N–H and O–H groups in total. The second-order valence-corrected chi connectivity index (χ2v) is 7.02. The maximum absolute atomic E-state index is 5.80. The molecule has 0 unspecified atom stereocenters. The van der Waals surface area contributed by atoms with Gasteiger partial charge < -0.3 is 13.3 Å². The average Bonchev–Trinajstić information content (AvgIpc) is 2.39. The first-order valence-electron chi connectivity index (χ1n) is 7.62. The van der Waals surface area contributed by atoms with Crippen LogP contribution in [-0.2, 0) is 13.3 Å². The van der Waals surface area contributed by atoms with E-state index in [1.165, 1.54) is 12.8 Å². The van der Waals surface area contributed by atoms with Crippen LogP contribution in [-0.4, -0.2) is 28.6 Å². The second kappa shape index (κ2) is 12.7. The number of rotatable bonds is 11. The van der Waals surface area contributed by atoms with E-state index in [0.717, 1.165) is 25.3 Å². The van der Waals surface area contributed by atoms with E-state index in [1.807, 2.05) is 20.8 Å². The highest BCUT2D eigenvalue weighted by molar-refractivity contribution is 6.60. The van der Waals surface area contributed by atoms with E-state index in [1.54, 1.807) is 0 Å². The van der Waals surface area contributed by atoms with E-state index >= 15 is 0 Å². The molecule has 0 amide bonds. The van der Waals surface area contributed by atoms with Crippen molar-refractivity contribution < 1.29 is 13.3 Å². The Bertz CT molecular complexity index is 241. The first-order valence-corrected chi connectivity index (χ1v) is 9.55. The molecule has 4 heteroatoms. The van der Waals surface area contributed by atoms with Gasteiger partial charge in [-0.1, -0.05) is 13.3 Å². The summed E-state index contributed by atoms with van der Waals surface area (Å²) in [5, 5.41) is 0. The summed E-state index contributed by atoms with van der Waals surface area (Å²) in [6.07, 6.45) is 5.32. The van der Waals surface area contributed by atoms with Gasteiger partial charge in [0.05, 0.1) is 0 Å². The van der Waals surface area contributed by atoms with Gasteiger partial charge in [0.25, 0.3) is 0 Å².